The molecule has 1 fully saturated rings. The molecule has 0 aromatic carbocycles. The van der Waals surface area contributed by atoms with E-state index in [1.165, 1.54) is 5.06 Å². The van der Waals surface area contributed by atoms with E-state index < -0.39 is 0 Å². The largest absolute Gasteiger partial charge is 0.309 e. The van der Waals surface area contributed by atoms with Crippen LogP contribution >= 0.6 is 0 Å². The van der Waals surface area contributed by atoms with Crippen LogP contribution in [0.4, 0.5) is 5.82 Å². The van der Waals surface area contributed by atoms with Gasteiger partial charge in [-0.15, -0.1) is 10.2 Å². The Hall–Kier alpha value is -2.02. The summed E-state index contributed by atoms with van der Waals surface area (Å²) in [4.78, 5) is 29.1. The molecule has 7 heteroatoms. The summed E-state index contributed by atoms with van der Waals surface area (Å²) in [7, 11) is 0. The summed E-state index contributed by atoms with van der Waals surface area (Å²) in [5, 5.41) is 11.8. The van der Waals surface area contributed by atoms with Gasteiger partial charge in [-0.1, -0.05) is 13.8 Å². The van der Waals surface area contributed by atoms with Crippen LogP contribution in [0.2, 0.25) is 0 Å². The number of aromatic nitrogens is 2. The average Bonchev–Trinajstić information content (AvgIpc) is 3.35. The van der Waals surface area contributed by atoms with E-state index in [4.69, 9.17) is 4.84 Å². The third kappa shape index (κ3) is 3.09. The highest BCUT2D eigenvalue weighted by Gasteiger charge is 2.37. The predicted molar refractivity (Wildman–Crippen MR) is 80.9 cm³/mol. The first-order valence-corrected chi connectivity index (χ1v) is 7.76. The van der Waals surface area contributed by atoms with Gasteiger partial charge in [0, 0.05) is 11.5 Å². The van der Waals surface area contributed by atoms with Crippen LogP contribution in [-0.4, -0.2) is 33.7 Å². The Morgan fingerprint density at radius 2 is 2.09 bits per heavy atom. The Bertz CT molecular complexity index is 572. The summed E-state index contributed by atoms with van der Waals surface area (Å²) in [5.74, 6) is 0.169. The normalized spacial score (nSPS) is 19.4. The molecule has 1 unspecified atom stereocenters. The molecule has 120 valence electrons. The van der Waals surface area contributed by atoms with Crippen molar-refractivity contribution >= 4 is 17.6 Å². The van der Waals surface area contributed by atoms with E-state index in [2.05, 4.69) is 15.5 Å². The number of nitrogens with zero attached hydrogens (tertiary/aromatic N) is 3. The molecule has 3 rings (SSSR count). The van der Waals surface area contributed by atoms with Gasteiger partial charge in [0.15, 0.2) is 11.5 Å². The lowest BCUT2D eigenvalue weighted by molar-refractivity contribution is -0.136. The van der Waals surface area contributed by atoms with Crippen LogP contribution in [0.15, 0.2) is 6.07 Å². The fraction of sp³-hybridized carbons (Fsp3) is 0.600. The number of hydrogen-bond donors (Lipinski definition) is 1. The van der Waals surface area contributed by atoms with E-state index in [0.29, 0.717) is 12.4 Å². The second-order valence-electron chi connectivity index (χ2n) is 5.02. The molecule has 1 N–H and O–H groups in total. The third-order valence-electron chi connectivity index (χ3n) is 3.50. The minimum Gasteiger partial charge on any atom is -0.309 e. The van der Waals surface area contributed by atoms with Crippen LogP contribution in [0.3, 0.4) is 0 Å². The van der Waals surface area contributed by atoms with Crippen molar-refractivity contribution in [3.05, 3.63) is 17.3 Å². The molecule has 0 spiro atoms. The lowest BCUT2D eigenvalue weighted by Crippen LogP contribution is -2.27. The number of nitrogens with one attached hydrogen (secondary N) is 1. The summed E-state index contributed by atoms with van der Waals surface area (Å²) in [6.45, 7) is 8.08. The van der Waals surface area contributed by atoms with Gasteiger partial charge in [0.05, 0.1) is 12.6 Å². The molecule has 2 amide bonds. The number of rotatable bonds is 4. The monoisotopic (exact) mass is 306 g/mol. The van der Waals surface area contributed by atoms with Gasteiger partial charge in [-0.05, 0) is 32.8 Å². The minimum absolute atomic E-state index is 0.0297. The maximum Gasteiger partial charge on any atom is 0.298 e. The van der Waals surface area contributed by atoms with Gasteiger partial charge in [0.2, 0.25) is 5.91 Å². The number of anilines is 1. The number of carbonyl (C=O) groups is 2. The molecule has 0 radical (unpaired) electrons. The highest BCUT2D eigenvalue weighted by molar-refractivity contribution is 5.97. The molecule has 1 saturated carbocycles. The first-order valence-electron chi connectivity index (χ1n) is 7.76. The Labute approximate surface area is 130 Å². The van der Waals surface area contributed by atoms with Crippen molar-refractivity contribution in [1.82, 2.24) is 15.3 Å². The maximum absolute atomic E-state index is 12.1. The van der Waals surface area contributed by atoms with Crippen LogP contribution in [0.1, 0.15) is 62.6 Å². The Balaban J connectivity index is 0.000000847. The van der Waals surface area contributed by atoms with Crippen LogP contribution in [-0.2, 0) is 9.63 Å². The van der Waals surface area contributed by atoms with Crippen LogP contribution in [0.5, 0.6) is 0 Å². The highest BCUT2D eigenvalue weighted by Crippen LogP contribution is 2.34. The number of hydroxylamine groups is 2. The molecular weight excluding hydrogens is 284 g/mol. The fourth-order valence-electron chi connectivity index (χ4n) is 2.24. The van der Waals surface area contributed by atoms with Gasteiger partial charge in [0.1, 0.15) is 0 Å². The number of hydrogen-bond acceptors (Lipinski definition) is 5. The summed E-state index contributed by atoms with van der Waals surface area (Å²) in [5.41, 5.74) is 1.01. The van der Waals surface area contributed by atoms with Gasteiger partial charge in [-0.25, -0.2) is 5.06 Å². The van der Waals surface area contributed by atoms with Crippen LogP contribution in [0.25, 0.3) is 0 Å². The molecule has 2 heterocycles. The molecule has 1 aliphatic carbocycles. The van der Waals surface area contributed by atoms with E-state index in [0.717, 1.165) is 18.4 Å². The Kier molecular flexibility index (Phi) is 5.07. The lowest BCUT2D eigenvalue weighted by atomic mass is 10.1. The standard InChI is InChI=1S/C13H16N4O3.C2H6/c1-3-20-17-7(2)9-6-10(14-12(18)8-4-5-8)15-16-11(9)13(17)19;1-2/h6-8H,3-5H2,1-2H3,(H,14,15,18);1-2H3. The average molecular weight is 306 g/mol. The van der Waals surface area contributed by atoms with E-state index in [-0.39, 0.29) is 29.5 Å². The number of carbonyl (C=O) groups excluding carboxylic acids is 2. The molecular formula is C15H22N4O3. The molecule has 0 bridgehead atoms. The van der Waals surface area contributed by atoms with Crippen molar-refractivity contribution in [3.63, 3.8) is 0 Å². The highest BCUT2D eigenvalue weighted by atomic mass is 16.7. The quantitative estimate of drug-likeness (QED) is 0.922. The van der Waals surface area contributed by atoms with E-state index >= 15 is 0 Å². The van der Waals surface area contributed by atoms with Crippen LogP contribution < -0.4 is 5.32 Å². The van der Waals surface area contributed by atoms with Gasteiger partial charge >= 0.3 is 0 Å². The molecule has 22 heavy (non-hydrogen) atoms. The molecule has 1 aliphatic heterocycles. The third-order valence-corrected chi connectivity index (χ3v) is 3.50. The van der Waals surface area contributed by atoms with Crippen molar-refractivity contribution in [3.8, 4) is 0 Å². The number of amides is 2. The zero-order valence-corrected chi connectivity index (χ0v) is 13.4. The van der Waals surface area contributed by atoms with Crippen molar-refractivity contribution in [2.75, 3.05) is 11.9 Å². The summed E-state index contributed by atoms with van der Waals surface area (Å²) in [6.07, 6.45) is 1.86. The van der Waals surface area contributed by atoms with Gasteiger partial charge in [-0.3, -0.25) is 14.4 Å². The smallest absolute Gasteiger partial charge is 0.298 e. The zero-order chi connectivity index (χ0) is 16.3. The first-order chi connectivity index (χ1) is 10.6. The topological polar surface area (TPSA) is 84.4 Å². The summed E-state index contributed by atoms with van der Waals surface area (Å²) < 4.78 is 0. The summed E-state index contributed by atoms with van der Waals surface area (Å²) in [6, 6.07) is 1.47. The molecule has 1 aromatic heterocycles. The maximum atomic E-state index is 12.1. The Morgan fingerprint density at radius 1 is 1.41 bits per heavy atom. The lowest BCUT2D eigenvalue weighted by Gasteiger charge is -2.19. The van der Waals surface area contributed by atoms with Crippen molar-refractivity contribution in [2.45, 2.75) is 46.6 Å². The number of fused-ring (bicyclic) bond motifs is 1. The van der Waals surface area contributed by atoms with E-state index in [1.54, 1.807) is 6.07 Å². The van der Waals surface area contributed by atoms with Crippen LogP contribution in [0, 0.1) is 5.92 Å². The fourth-order valence-corrected chi connectivity index (χ4v) is 2.24. The van der Waals surface area contributed by atoms with Crippen molar-refractivity contribution in [2.24, 2.45) is 5.92 Å². The van der Waals surface area contributed by atoms with E-state index in [1.807, 2.05) is 27.7 Å². The second-order valence-corrected chi connectivity index (χ2v) is 5.02. The second kappa shape index (κ2) is 6.83. The van der Waals surface area contributed by atoms with Gasteiger partial charge < -0.3 is 5.32 Å². The SMILES string of the molecule is CC.CCON1C(=O)c2nnc(NC(=O)C3CC3)cc2C1C. The minimum atomic E-state index is -0.290. The zero-order valence-electron chi connectivity index (χ0n) is 13.4. The van der Waals surface area contributed by atoms with Gasteiger partial charge in [0.25, 0.3) is 5.91 Å². The van der Waals surface area contributed by atoms with E-state index in [9.17, 15) is 9.59 Å². The first kappa shape index (κ1) is 16.4. The summed E-state index contributed by atoms with van der Waals surface area (Å²) >= 11 is 0. The molecule has 0 saturated heterocycles. The molecule has 1 atom stereocenters. The molecule has 2 aliphatic rings. The molecule has 7 nitrogen and oxygen atoms in total. The molecule has 1 aromatic rings. The Morgan fingerprint density at radius 3 is 2.68 bits per heavy atom. The van der Waals surface area contributed by atoms with Crippen molar-refractivity contribution in [1.29, 1.82) is 0 Å². The van der Waals surface area contributed by atoms with Crippen molar-refractivity contribution < 1.29 is 14.4 Å². The van der Waals surface area contributed by atoms with Gasteiger partial charge in [-0.2, -0.15) is 0 Å². The predicted octanol–water partition coefficient (Wildman–Crippen LogP) is 2.32.